The fourth-order valence-corrected chi connectivity index (χ4v) is 10.7. The fourth-order valence-electron chi connectivity index (χ4n) is 10.7. The number of pyridine rings is 1. The van der Waals surface area contributed by atoms with Gasteiger partial charge in [-0.15, -0.1) is 0 Å². The van der Waals surface area contributed by atoms with Crippen LogP contribution in [-0.2, 0) is 123 Å². The van der Waals surface area contributed by atoms with Crippen LogP contribution < -0.4 is 26.6 Å². The van der Waals surface area contributed by atoms with Gasteiger partial charge < -0.3 is 5.32 Å². The van der Waals surface area contributed by atoms with Gasteiger partial charge in [0.2, 0.25) is 53.2 Å². The monoisotopic (exact) mass is 1150 g/mol. The number of ketones is 6. The largest absolute Gasteiger partial charge is 0.326 e. The van der Waals surface area contributed by atoms with Crippen LogP contribution in [0.5, 0.6) is 0 Å². The van der Waals surface area contributed by atoms with E-state index in [0.717, 1.165) is 44.5 Å². The van der Waals surface area contributed by atoms with Gasteiger partial charge in [-0.25, -0.2) is 0 Å². The summed E-state index contributed by atoms with van der Waals surface area (Å²) in [5.74, 6) is -3.89. The van der Waals surface area contributed by atoms with Crippen LogP contribution in [0, 0.1) is 23.7 Å². The number of rotatable bonds is 17. The van der Waals surface area contributed by atoms with Crippen molar-refractivity contribution in [2.75, 3.05) is 5.32 Å². The predicted octanol–water partition coefficient (Wildman–Crippen LogP) is 3.65. The molecule has 9 amide bonds. The summed E-state index contributed by atoms with van der Waals surface area (Å²) >= 11 is 0. The van der Waals surface area contributed by atoms with Gasteiger partial charge in [0.25, 0.3) is 0 Å². The highest BCUT2D eigenvalue weighted by Gasteiger charge is 2.32. The van der Waals surface area contributed by atoms with Crippen molar-refractivity contribution in [1.29, 1.82) is 0 Å². The molecule has 4 aliphatic heterocycles. The number of nitrogens with zero attached hydrogens (tertiary/aromatic N) is 1. The molecule has 1 aromatic heterocycles. The van der Waals surface area contributed by atoms with Crippen LogP contribution in [0.4, 0.5) is 5.69 Å². The number of nitrogens with one attached hydrogen (secondary N) is 5. The Morgan fingerprint density at radius 3 is 1.12 bits per heavy atom. The predicted molar refractivity (Wildman–Crippen MR) is 300 cm³/mol. The lowest BCUT2D eigenvalue weighted by molar-refractivity contribution is -0.139. The number of carbonyl (C=O) groups excluding carboxylic acids is 15. The van der Waals surface area contributed by atoms with Crippen LogP contribution >= 0.6 is 0 Å². The van der Waals surface area contributed by atoms with E-state index in [4.69, 9.17) is 0 Å². The quantitative estimate of drug-likeness (QED) is 0.0942. The third kappa shape index (κ3) is 19.5. The van der Waals surface area contributed by atoms with E-state index in [1.54, 1.807) is 42.7 Å². The van der Waals surface area contributed by atoms with E-state index >= 15 is 0 Å². The van der Waals surface area contributed by atoms with Gasteiger partial charge in [-0.05, 0) is 88.4 Å². The Kier molecular flexibility index (Phi) is 22.1. The molecule has 4 aromatic rings. The van der Waals surface area contributed by atoms with Gasteiger partial charge >= 0.3 is 0 Å². The average molecular weight is 1150 g/mol. The molecule has 0 radical (unpaired) electrons. The summed E-state index contributed by atoms with van der Waals surface area (Å²) in [6.07, 6.45) is 9.76. The second-order valence-corrected chi connectivity index (χ2v) is 22.0. The second kappa shape index (κ2) is 29.7. The third-order valence-electron chi connectivity index (χ3n) is 15.0. The number of Topliss-reactive ketones (excluding diaryl/α,β-unsaturated/α-hetero) is 6. The molecule has 4 atom stereocenters. The fraction of sp³-hybridized carbons (Fsp3) is 0.397. The number of hydrogen-bond acceptors (Lipinski definition) is 16. The van der Waals surface area contributed by atoms with Crippen LogP contribution in [-0.4, -0.2) is 92.8 Å². The molecule has 21 heteroatoms. The molecule has 3 aromatic carbocycles. The van der Waals surface area contributed by atoms with Crippen molar-refractivity contribution in [3.63, 3.8) is 0 Å². The molecular formula is C63H66N6O15. The van der Waals surface area contributed by atoms with E-state index in [1.165, 1.54) is 6.92 Å². The molecule has 0 unspecified atom stereocenters. The Hall–Kier alpha value is -9.14. The van der Waals surface area contributed by atoms with E-state index in [9.17, 15) is 71.9 Å². The molecule has 0 spiro atoms. The van der Waals surface area contributed by atoms with Crippen LogP contribution in [0.25, 0.3) is 0 Å². The maximum Gasteiger partial charge on any atom is 0.230 e. The van der Waals surface area contributed by atoms with Crippen molar-refractivity contribution in [1.82, 2.24) is 26.3 Å². The normalized spacial score (nSPS) is 19.7. The first-order valence-electron chi connectivity index (χ1n) is 28.0. The highest BCUT2D eigenvalue weighted by molar-refractivity contribution is 6.03. The summed E-state index contributed by atoms with van der Waals surface area (Å²) in [6.45, 7) is 1.42. The molecule has 2 aliphatic carbocycles. The van der Waals surface area contributed by atoms with Crippen LogP contribution in [0.1, 0.15) is 128 Å². The molecule has 6 aliphatic rings. The van der Waals surface area contributed by atoms with Gasteiger partial charge in [0.1, 0.15) is 34.7 Å². The second-order valence-electron chi connectivity index (χ2n) is 22.0. The van der Waals surface area contributed by atoms with Crippen LogP contribution in [0.3, 0.4) is 0 Å². The Bertz CT molecular complexity index is 3200. The van der Waals surface area contributed by atoms with Crippen molar-refractivity contribution < 1.29 is 71.9 Å². The van der Waals surface area contributed by atoms with Gasteiger partial charge in [0.05, 0.1) is 0 Å². The summed E-state index contributed by atoms with van der Waals surface area (Å²) in [5, 5.41) is 11.7. The lowest BCUT2D eigenvalue weighted by Gasteiger charge is -2.20. The SMILES string of the molecule is CC(=O)Nc1cccc(CC(=O)C[C@@H]2CCC(=O)NC2=O)c1.O=C(Cc1cccnc1)C[C@@H]1CCC(=O)NC1=O.O=C1Cc2ccc(CC(=O)C[C@@H]3CCC(=O)NC3=O)cc2C1.O=C1Cc2ccc(CC(=O)C[C@H]3CCC(=O)NC3=O)cc2C1. The number of carbonyl (C=O) groups is 15. The minimum absolute atomic E-state index is 0.00232. The first-order chi connectivity index (χ1) is 40.1. The van der Waals surface area contributed by atoms with Gasteiger partial charge in [-0.1, -0.05) is 54.6 Å². The number of amides is 9. The third-order valence-corrected chi connectivity index (χ3v) is 15.0. The van der Waals surface area contributed by atoms with E-state index in [1.807, 2.05) is 42.5 Å². The molecule has 5 N–H and O–H groups in total. The van der Waals surface area contributed by atoms with Gasteiger partial charge in [-0.2, -0.15) is 0 Å². The zero-order valence-corrected chi connectivity index (χ0v) is 46.6. The van der Waals surface area contributed by atoms with E-state index < -0.39 is 17.8 Å². The van der Waals surface area contributed by atoms with Crippen molar-refractivity contribution in [2.45, 2.75) is 135 Å². The smallest absolute Gasteiger partial charge is 0.230 e. The van der Waals surface area contributed by atoms with Gasteiger partial charge in [0.15, 0.2) is 0 Å². The number of piperidine rings is 4. The van der Waals surface area contributed by atoms with E-state index in [-0.39, 0.29) is 152 Å². The summed E-state index contributed by atoms with van der Waals surface area (Å²) in [4.78, 5) is 177. The average Bonchev–Trinajstić information content (AvgIpc) is 4.16. The van der Waals surface area contributed by atoms with Crippen molar-refractivity contribution in [3.05, 3.63) is 130 Å². The number of hydrogen-bond donors (Lipinski definition) is 5. The minimum Gasteiger partial charge on any atom is -0.326 e. The molecule has 4 fully saturated rings. The molecule has 438 valence electrons. The van der Waals surface area contributed by atoms with Gasteiger partial charge in [0, 0.05) is 151 Å². The standard InChI is InChI=1S/2C17H17NO4.C16H18N2O4.C13H14N2O3/c2*19-14(8-12-3-4-16(21)18-17(12)22)6-10-1-2-11-7-15(20)9-13(11)5-10;1-10(19)17-13-4-2-3-11(7-13)8-14(20)9-12-5-6-15(21)18-16(12)22;16-11(6-9-2-1-5-14-8-9)7-10-3-4-12(17)15-13(10)18/h2*1-2,5,12H,3-4,6-9H2,(H,18,21,22);2-4,7,12H,5-6,8-9H2,1H3,(H,17,19)(H,18,21,22);1-2,5,8,10H,3-4,6-7H2,(H,15,17,18)/t3*12-;10-/m1000/s1. The van der Waals surface area contributed by atoms with Crippen LogP contribution in [0.2, 0.25) is 0 Å². The van der Waals surface area contributed by atoms with Crippen LogP contribution in [0.15, 0.2) is 85.2 Å². The zero-order chi connectivity index (χ0) is 60.5. The summed E-state index contributed by atoms with van der Waals surface area (Å²) in [5.41, 5.74) is 8.14. The first-order valence-corrected chi connectivity index (χ1v) is 28.0. The van der Waals surface area contributed by atoms with Crippen molar-refractivity contribution in [3.8, 4) is 0 Å². The molecule has 0 saturated carbocycles. The molecule has 10 rings (SSSR count). The number of anilines is 1. The topological polar surface area (TPSA) is 329 Å². The van der Waals surface area contributed by atoms with E-state index in [2.05, 4.69) is 31.6 Å². The molecule has 4 saturated heterocycles. The van der Waals surface area contributed by atoms with Crippen molar-refractivity contribution >= 4 is 93.6 Å². The Labute approximate surface area is 484 Å². The van der Waals surface area contributed by atoms with Crippen molar-refractivity contribution in [2.24, 2.45) is 23.7 Å². The zero-order valence-electron chi connectivity index (χ0n) is 46.6. The number of benzene rings is 3. The Morgan fingerprint density at radius 1 is 0.429 bits per heavy atom. The highest BCUT2D eigenvalue weighted by atomic mass is 16.2. The maximum absolute atomic E-state index is 12.1. The molecule has 5 heterocycles. The minimum atomic E-state index is -0.427. The summed E-state index contributed by atoms with van der Waals surface area (Å²) < 4.78 is 0. The van der Waals surface area contributed by atoms with Gasteiger partial charge in [-0.3, -0.25) is 98.2 Å². The summed E-state index contributed by atoms with van der Waals surface area (Å²) in [6, 6.07) is 22.1. The Morgan fingerprint density at radius 2 is 0.774 bits per heavy atom. The number of aromatic nitrogens is 1. The molecule has 84 heavy (non-hydrogen) atoms. The Balaban J connectivity index is 0.000000161. The summed E-state index contributed by atoms with van der Waals surface area (Å²) in [7, 11) is 0. The highest BCUT2D eigenvalue weighted by Crippen LogP contribution is 2.26. The molecule has 0 bridgehead atoms. The molecular weight excluding hydrogens is 1080 g/mol. The first kappa shape index (κ1) is 62.5. The lowest BCUT2D eigenvalue weighted by Crippen LogP contribution is -2.41. The lowest BCUT2D eigenvalue weighted by atomic mass is 9.91. The van der Waals surface area contributed by atoms with E-state index in [0.29, 0.717) is 76.3 Å². The number of imide groups is 4. The maximum atomic E-state index is 12.1. The number of fused-ring (bicyclic) bond motifs is 2. The molecule has 21 nitrogen and oxygen atoms in total.